The van der Waals surface area contributed by atoms with Gasteiger partial charge in [0.25, 0.3) is 0 Å². The van der Waals surface area contributed by atoms with Gasteiger partial charge in [-0.2, -0.15) is 0 Å². The monoisotopic (exact) mass is 657 g/mol. The number of ether oxygens (including phenoxy) is 3. The fourth-order valence-corrected chi connectivity index (χ4v) is 5.67. The normalized spacial score (nSPS) is 13.4. The van der Waals surface area contributed by atoms with Gasteiger partial charge in [-0.15, -0.1) is 0 Å². The van der Waals surface area contributed by atoms with Gasteiger partial charge in [0.15, 0.2) is 0 Å². The van der Waals surface area contributed by atoms with E-state index >= 15 is 0 Å². The molecule has 9 nitrogen and oxygen atoms in total. The van der Waals surface area contributed by atoms with E-state index in [4.69, 9.17) is 19.9 Å². The summed E-state index contributed by atoms with van der Waals surface area (Å²) in [4.78, 5) is 39.0. The van der Waals surface area contributed by atoms with Crippen molar-refractivity contribution in [1.29, 1.82) is 0 Å². The van der Waals surface area contributed by atoms with Crippen molar-refractivity contribution in [2.45, 2.75) is 187 Å². The van der Waals surface area contributed by atoms with Crippen LogP contribution in [0.25, 0.3) is 0 Å². The zero-order valence-electron chi connectivity index (χ0n) is 30.2. The van der Waals surface area contributed by atoms with Gasteiger partial charge in [0.1, 0.15) is 18.8 Å². The minimum absolute atomic E-state index is 0.00326. The second kappa shape index (κ2) is 31.9. The highest BCUT2D eigenvalue weighted by Crippen LogP contribution is 2.14. The van der Waals surface area contributed by atoms with Gasteiger partial charge in [0.05, 0.1) is 13.2 Å². The van der Waals surface area contributed by atoms with Gasteiger partial charge >= 0.3 is 17.9 Å². The minimum atomic E-state index is -0.657. The van der Waals surface area contributed by atoms with Crippen molar-refractivity contribution in [3.63, 3.8) is 0 Å². The Bertz CT molecular complexity index is 735. The minimum Gasteiger partial charge on any atom is -0.468 e. The number of aliphatic hydroxyl groups excluding tert-OH is 1. The van der Waals surface area contributed by atoms with Crippen molar-refractivity contribution >= 4 is 17.9 Å². The molecule has 0 fully saturated rings. The van der Waals surface area contributed by atoms with Gasteiger partial charge in [-0.05, 0) is 39.2 Å². The molecule has 0 aromatic heterocycles. The summed E-state index contributed by atoms with van der Waals surface area (Å²) in [6.45, 7) is 7.54. The number of aliphatic hydroxyl groups is 1. The maximum absolute atomic E-state index is 12.8. The van der Waals surface area contributed by atoms with E-state index in [-0.39, 0.29) is 18.5 Å². The van der Waals surface area contributed by atoms with Crippen LogP contribution in [-0.2, 0) is 28.6 Å². The Morgan fingerprint density at radius 2 is 1.15 bits per heavy atom. The van der Waals surface area contributed by atoms with Crippen LogP contribution in [0.4, 0.5) is 0 Å². The number of rotatable bonds is 33. The van der Waals surface area contributed by atoms with Gasteiger partial charge in [-0.25, -0.2) is 0 Å². The van der Waals surface area contributed by atoms with Gasteiger partial charge in [0.2, 0.25) is 0 Å². The van der Waals surface area contributed by atoms with E-state index in [1.807, 2.05) is 4.90 Å². The molecule has 0 saturated heterocycles. The molecule has 0 aromatic carbocycles. The molecule has 3 unspecified atom stereocenters. The van der Waals surface area contributed by atoms with Crippen LogP contribution in [0.5, 0.6) is 0 Å². The number of esters is 3. The smallest absolute Gasteiger partial charge is 0.322 e. The van der Waals surface area contributed by atoms with Crippen LogP contribution in [0, 0.1) is 0 Å². The molecule has 3 N–H and O–H groups in total. The molecule has 0 aromatic rings. The van der Waals surface area contributed by atoms with Gasteiger partial charge < -0.3 is 25.1 Å². The first-order chi connectivity index (χ1) is 22.2. The van der Waals surface area contributed by atoms with Crippen molar-refractivity contribution in [2.75, 3.05) is 33.4 Å². The standard InChI is InChI=1S/C37H72N2O7/c1-5-7-9-11-13-15-17-19-21-26-35(41)45-31-33(46-36(42)27-22-20-18-16-14-12-10-8-6-2)30-39(29-32(3)40)28-24-23-25-34(38)37(43)44-4/h32-34,40H,5-31,38H2,1-4H3. The number of nitrogens with zero attached hydrogens (tertiary/aromatic N) is 1. The molecule has 0 radical (unpaired) electrons. The predicted molar refractivity (Wildman–Crippen MR) is 186 cm³/mol. The number of carbonyl (C=O) groups is 3. The van der Waals surface area contributed by atoms with Crippen LogP contribution in [0.1, 0.15) is 168 Å². The Hall–Kier alpha value is -1.71. The Kier molecular flexibility index (Phi) is 30.7. The number of hydrogen-bond acceptors (Lipinski definition) is 9. The first-order valence-electron chi connectivity index (χ1n) is 18.8. The average molecular weight is 657 g/mol. The Morgan fingerprint density at radius 1 is 0.674 bits per heavy atom. The molecule has 0 amide bonds. The second-order valence-electron chi connectivity index (χ2n) is 13.2. The quantitative estimate of drug-likeness (QED) is 0.0416. The summed E-state index contributed by atoms with van der Waals surface area (Å²) >= 11 is 0. The number of unbranched alkanes of at least 4 members (excludes halogenated alkanes) is 17. The van der Waals surface area contributed by atoms with E-state index in [0.717, 1.165) is 44.9 Å². The van der Waals surface area contributed by atoms with Crippen LogP contribution >= 0.6 is 0 Å². The van der Waals surface area contributed by atoms with Gasteiger partial charge in [-0.1, -0.05) is 123 Å². The Morgan fingerprint density at radius 3 is 1.63 bits per heavy atom. The molecular weight excluding hydrogens is 584 g/mol. The third kappa shape index (κ3) is 28.5. The van der Waals surface area contributed by atoms with E-state index in [0.29, 0.717) is 45.3 Å². The van der Waals surface area contributed by atoms with Crippen molar-refractivity contribution in [2.24, 2.45) is 5.73 Å². The number of hydrogen-bond donors (Lipinski definition) is 2. The number of carbonyl (C=O) groups excluding carboxylic acids is 3. The number of methoxy groups -OCH3 is 1. The summed E-state index contributed by atoms with van der Waals surface area (Å²) in [5, 5.41) is 10.1. The molecule has 272 valence electrons. The molecule has 0 bridgehead atoms. The molecule has 3 atom stereocenters. The predicted octanol–water partition coefficient (Wildman–Crippen LogP) is 7.64. The Labute approximate surface area is 282 Å². The van der Waals surface area contributed by atoms with E-state index in [9.17, 15) is 19.5 Å². The SMILES string of the molecule is CCCCCCCCCCCC(=O)OCC(CN(CCCCC(N)C(=O)OC)CC(C)O)OC(=O)CCCCCCCCCCC. The summed E-state index contributed by atoms with van der Waals surface area (Å²) < 4.78 is 16.2. The Balaban J connectivity index is 4.82. The summed E-state index contributed by atoms with van der Waals surface area (Å²) in [7, 11) is 1.33. The van der Waals surface area contributed by atoms with Crippen molar-refractivity contribution in [3.8, 4) is 0 Å². The molecule has 0 saturated carbocycles. The summed E-state index contributed by atoms with van der Waals surface area (Å²) in [6.07, 6.45) is 22.6. The zero-order valence-corrected chi connectivity index (χ0v) is 30.2. The highest BCUT2D eigenvalue weighted by Gasteiger charge is 2.22. The van der Waals surface area contributed by atoms with Crippen molar-refractivity contribution < 1.29 is 33.7 Å². The third-order valence-corrected chi connectivity index (χ3v) is 8.42. The summed E-state index contributed by atoms with van der Waals surface area (Å²) in [6, 6.07) is -0.657. The van der Waals surface area contributed by atoms with E-state index < -0.39 is 24.2 Å². The fraction of sp³-hybridized carbons (Fsp3) is 0.919. The molecule has 0 rings (SSSR count). The maximum Gasteiger partial charge on any atom is 0.322 e. The second-order valence-corrected chi connectivity index (χ2v) is 13.2. The molecule has 0 spiro atoms. The first kappa shape index (κ1) is 44.3. The lowest BCUT2D eigenvalue weighted by atomic mass is 10.1. The molecule has 9 heteroatoms. The lowest BCUT2D eigenvalue weighted by Gasteiger charge is -2.28. The maximum atomic E-state index is 12.8. The zero-order chi connectivity index (χ0) is 34.3. The highest BCUT2D eigenvalue weighted by molar-refractivity contribution is 5.75. The highest BCUT2D eigenvalue weighted by atomic mass is 16.6. The average Bonchev–Trinajstić information content (AvgIpc) is 3.03. The van der Waals surface area contributed by atoms with Crippen molar-refractivity contribution in [1.82, 2.24) is 4.90 Å². The first-order valence-corrected chi connectivity index (χ1v) is 18.8. The van der Waals surface area contributed by atoms with E-state index in [1.165, 1.54) is 84.2 Å². The molecule has 0 aliphatic carbocycles. The molecule has 0 aliphatic heterocycles. The molecule has 46 heavy (non-hydrogen) atoms. The summed E-state index contributed by atoms with van der Waals surface area (Å²) in [5.41, 5.74) is 5.87. The van der Waals surface area contributed by atoms with Crippen molar-refractivity contribution in [3.05, 3.63) is 0 Å². The largest absolute Gasteiger partial charge is 0.468 e. The molecular formula is C37H72N2O7. The summed E-state index contributed by atoms with van der Waals surface area (Å²) in [5.74, 6) is -0.963. The van der Waals surface area contributed by atoms with E-state index in [1.54, 1.807) is 6.92 Å². The lowest BCUT2D eigenvalue weighted by molar-refractivity contribution is -0.160. The van der Waals surface area contributed by atoms with Crippen LogP contribution in [-0.4, -0.2) is 79.5 Å². The fourth-order valence-electron chi connectivity index (χ4n) is 5.67. The van der Waals surface area contributed by atoms with Gasteiger partial charge in [-0.3, -0.25) is 19.3 Å². The van der Waals surface area contributed by atoms with Crippen LogP contribution in [0.3, 0.4) is 0 Å². The molecule has 0 aliphatic rings. The lowest BCUT2D eigenvalue weighted by Crippen LogP contribution is -2.42. The van der Waals surface area contributed by atoms with E-state index in [2.05, 4.69) is 13.8 Å². The number of nitrogens with two attached hydrogens (primary N) is 1. The topological polar surface area (TPSA) is 128 Å². The van der Waals surface area contributed by atoms with Crippen LogP contribution < -0.4 is 5.73 Å². The van der Waals surface area contributed by atoms with Crippen LogP contribution in [0.2, 0.25) is 0 Å². The van der Waals surface area contributed by atoms with Gasteiger partial charge in [0, 0.05) is 25.9 Å². The third-order valence-electron chi connectivity index (χ3n) is 8.42. The molecule has 0 heterocycles. The van der Waals surface area contributed by atoms with Crippen LogP contribution in [0.15, 0.2) is 0 Å².